The van der Waals surface area contributed by atoms with Gasteiger partial charge in [0.15, 0.2) is 0 Å². The Morgan fingerprint density at radius 1 is 1.03 bits per heavy atom. The zero-order valence-corrected chi connectivity index (χ0v) is 20.6. The summed E-state index contributed by atoms with van der Waals surface area (Å²) in [6.45, 7) is 4.79. The van der Waals surface area contributed by atoms with Crippen molar-refractivity contribution in [3.8, 4) is 0 Å². The maximum atomic E-state index is 13.7. The molecule has 8 heteroatoms. The molecule has 2 aromatic heterocycles. The minimum Gasteiger partial charge on any atom is -0.353 e. The number of piperidine rings is 1. The van der Waals surface area contributed by atoms with Crippen LogP contribution in [-0.4, -0.2) is 61.0 Å². The van der Waals surface area contributed by atoms with Gasteiger partial charge < -0.3 is 20.4 Å². The molecule has 35 heavy (non-hydrogen) atoms. The second kappa shape index (κ2) is 11.0. The zero-order chi connectivity index (χ0) is 24.0. The van der Waals surface area contributed by atoms with Crippen molar-refractivity contribution < 1.29 is 9.59 Å². The van der Waals surface area contributed by atoms with E-state index in [0.29, 0.717) is 27.9 Å². The van der Waals surface area contributed by atoms with Crippen molar-refractivity contribution in [1.29, 1.82) is 0 Å². The number of rotatable bonds is 6. The largest absolute Gasteiger partial charge is 0.353 e. The molecule has 0 saturated carbocycles. The van der Waals surface area contributed by atoms with Crippen molar-refractivity contribution in [3.05, 3.63) is 76.1 Å². The molecule has 1 aromatic carbocycles. The number of aromatic nitrogens is 1. The summed E-state index contributed by atoms with van der Waals surface area (Å²) in [5.41, 5.74) is 2.47. The highest BCUT2D eigenvalue weighted by atomic mass is 32.1. The number of anilines is 2. The van der Waals surface area contributed by atoms with Gasteiger partial charge in [0.2, 0.25) is 0 Å². The molecule has 0 bridgehead atoms. The summed E-state index contributed by atoms with van der Waals surface area (Å²) >= 11 is 1.39. The fourth-order valence-electron chi connectivity index (χ4n) is 4.87. The second-order valence-electron chi connectivity index (χ2n) is 9.19. The lowest BCUT2D eigenvalue weighted by Crippen LogP contribution is -2.45. The van der Waals surface area contributed by atoms with Crippen LogP contribution in [0, 0.1) is 5.92 Å². The van der Waals surface area contributed by atoms with Gasteiger partial charge in [0, 0.05) is 39.3 Å². The summed E-state index contributed by atoms with van der Waals surface area (Å²) in [5.74, 6) is 1.11. The molecule has 0 unspecified atom stereocenters. The Hall–Kier alpha value is -3.23. The zero-order valence-electron chi connectivity index (χ0n) is 19.8. The van der Waals surface area contributed by atoms with Gasteiger partial charge in [0.05, 0.1) is 22.3 Å². The van der Waals surface area contributed by atoms with Crippen molar-refractivity contribution >= 4 is 34.7 Å². The summed E-state index contributed by atoms with van der Waals surface area (Å²) in [6.07, 6.45) is 4.70. The van der Waals surface area contributed by atoms with Gasteiger partial charge >= 0.3 is 0 Å². The Balaban J connectivity index is 1.32. The highest BCUT2D eigenvalue weighted by Crippen LogP contribution is 2.27. The molecule has 2 amide bonds. The molecular formula is C27H31N5O2S. The highest BCUT2D eigenvalue weighted by molar-refractivity contribution is 7.12. The number of piperazine rings is 1. The van der Waals surface area contributed by atoms with Crippen molar-refractivity contribution in [1.82, 2.24) is 15.2 Å². The van der Waals surface area contributed by atoms with Crippen LogP contribution in [0.4, 0.5) is 11.5 Å². The maximum Gasteiger partial charge on any atom is 0.265 e. The quantitative estimate of drug-likeness (QED) is 0.549. The van der Waals surface area contributed by atoms with E-state index in [9.17, 15) is 9.59 Å². The van der Waals surface area contributed by atoms with E-state index in [-0.39, 0.29) is 11.8 Å². The van der Waals surface area contributed by atoms with Crippen molar-refractivity contribution in [2.45, 2.75) is 19.3 Å². The van der Waals surface area contributed by atoms with Crippen LogP contribution in [0.3, 0.4) is 0 Å². The monoisotopic (exact) mass is 489 g/mol. The van der Waals surface area contributed by atoms with Gasteiger partial charge in [-0.05, 0) is 48.3 Å². The third kappa shape index (κ3) is 5.71. The van der Waals surface area contributed by atoms with E-state index in [1.54, 1.807) is 18.3 Å². The van der Waals surface area contributed by atoms with Gasteiger partial charge in [-0.25, -0.2) is 4.98 Å². The first-order valence-electron chi connectivity index (χ1n) is 12.3. The predicted molar refractivity (Wildman–Crippen MR) is 140 cm³/mol. The van der Waals surface area contributed by atoms with E-state index in [1.807, 2.05) is 22.4 Å². The summed E-state index contributed by atoms with van der Waals surface area (Å²) < 4.78 is 0. The number of likely N-dealkylation sites (tertiary alicyclic amines) is 1. The van der Waals surface area contributed by atoms with Crippen molar-refractivity contribution in [3.63, 3.8) is 0 Å². The molecule has 7 nitrogen and oxygen atoms in total. The number of carbonyl (C=O) groups is 2. The summed E-state index contributed by atoms with van der Waals surface area (Å²) in [4.78, 5) is 35.7. The summed E-state index contributed by atoms with van der Waals surface area (Å²) in [6, 6.07) is 16.0. The van der Waals surface area contributed by atoms with Crippen LogP contribution in [-0.2, 0) is 6.42 Å². The molecule has 0 spiro atoms. The van der Waals surface area contributed by atoms with Crippen LogP contribution in [0.2, 0.25) is 0 Å². The van der Waals surface area contributed by atoms with Crippen LogP contribution in [0.25, 0.3) is 0 Å². The number of nitrogens with zero attached hydrogens (tertiary/aromatic N) is 3. The van der Waals surface area contributed by atoms with Gasteiger partial charge in [0.25, 0.3) is 11.8 Å². The molecule has 5 rings (SSSR count). The molecule has 2 fully saturated rings. The Bertz CT molecular complexity index is 1140. The first-order valence-corrected chi connectivity index (χ1v) is 13.2. The number of carbonyl (C=O) groups excluding carboxylic acids is 2. The number of amides is 2. The van der Waals surface area contributed by atoms with Gasteiger partial charge in [-0.15, -0.1) is 11.3 Å². The molecule has 2 N–H and O–H groups in total. The van der Waals surface area contributed by atoms with Crippen molar-refractivity contribution in [2.75, 3.05) is 49.5 Å². The Morgan fingerprint density at radius 2 is 1.80 bits per heavy atom. The molecule has 0 radical (unpaired) electrons. The molecule has 0 atom stereocenters. The van der Waals surface area contributed by atoms with E-state index in [2.05, 4.69) is 44.8 Å². The third-order valence-corrected chi connectivity index (χ3v) is 7.65. The lowest BCUT2D eigenvalue weighted by molar-refractivity contribution is 0.0690. The Morgan fingerprint density at radius 3 is 2.51 bits per heavy atom. The maximum absolute atomic E-state index is 13.7. The van der Waals surface area contributed by atoms with Gasteiger partial charge in [-0.1, -0.05) is 36.4 Å². The van der Waals surface area contributed by atoms with E-state index in [4.69, 9.17) is 0 Å². The van der Waals surface area contributed by atoms with Gasteiger partial charge in [-0.3, -0.25) is 9.59 Å². The number of pyridine rings is 1. The average Bonchev–Trinajstić information content (AvgIpc) is 3.45. The van der Waals surface area contributed by atoms with Crippen LogP contribution < -0.4 is 15.5 Å². The van der Waals surface area contributed by atoms with E-state index >= 15 is 0 Å². The number of benzene rings is 1. The predicted octanol–water partition coefficient (Wildman–Crippen LogP) is 3.90. The molecule has 2 aliphatic heterocycles. The number of hydrogen-bond donors (Lipinski definition) is 2. The number of hydrogen-bond acceptors (Lipinski definition) is 6. The highest BCUT2D eigenvalue weighted by Gasteiger charge is 2.28. The van der Waals surface area contributed by atoms with E-state index < -0.39 is 0 Å². The lowest BCUT2D eigenvalue weighted by atomic mass is 9.90. The summed E-state index contributed by atoms with van der Waals surface area (Å²) in [7, 11) is 0. The molecule has 182 valence electrons. The minimum absolute atomic E-state index is 0.00332. The molecule has 2 saturated heterocycles. The lowest BCUT2D eigenvalue weighted by Gasteiger charge is -2.34. The van der Waals surface area contributed by atoms with Gasteiger partial charge in [0.1, 0.15) is 5.82 Å². The topological polar surface area (TPSA) is 77.6 Å². The number of thiophene rings is 1. The fraction of sp³-hybridized carbons (Fsp3) is 0.370. The number of nitrogens with one attached hydrogen (secondary N) is 2. The van der Waals surface area contributed by atoms with Crippen LogP contribution in [0.15, 0.2) is 60.1 Å². The van der Waals surface area contributed by atoms with Crippen LogP contribution in [0.1, 0.15) is 38.4 Å². The standard InChI is InChI=1S/C27H31N5O2S/c33-26(24-7-4-16-35-24)30-22-18-23(25(29-19-22)31-14-10-28-11-15-31)27(34)32-12-8-21(9-13-32)17-20-5-2-1-3-6-20/h1-7,16,18-19,21,28H,8-15,17H2,(H,30,33). The summed E-state index contributed by atoms with van der Waals surface area (Å²) in [5, 5.41) is 8.14. The van der Waals surface area contributed by atoms with E-state index in [1.165, 1.54) is 16.9 Å². The van der Waals surface area contributed by atoms with E-state index in [0.717, 1.165) is 58.5 Å². The average molecular weight is 490 g/mol. The minimum atomic E-state index is -0.183. The van der Waals surface area contributed by atoms with Gasteiger partial charge in [-0.2, -0.15) is 0 Å². The first kappa shape index (κ1) is 23.5. The SMILES string of the molecule is O=C(Nc1cnc(N2CCNCC2)c(C(=O)N2CCC(Cc3ccccc3)CC2)c1)c1cccs1. The second-order valence-corrected chi connectivity index (χ2v) is 10.1. The smallest absolute Gasteiger partial charge is 0.265 e. The van der Waals surface area contributed by atoms with Crippen LogP contribution >= 0.6 is 11.3 Å². The molecule has 4 heterocycles. The molecular weight excluding hydrogens is 458 g/mol. The Labute approximate surface area is 210 Å². The normalized spacial score (nSPS) is 16.8. The fourth-order valence-corrected chi connectivity index (χ4v) is 5.49. The molecule has 2 aliphatic rings. The Kier molecular flexibility index (Phi) is 7.39. The van der Waals surface area contributed by atoms with Crippen molar-refractivity contribution in [2.24, 2.45) is 5.92 Å². The first-order chi connectivity index (χ1) is 17.2. The molecule has 0 aliphatic carbocycles. The third-order valence-electron chi connectivity index (χ3n) is 6.79. The molecule has 3 aromatic rings. The van der Waals surface area contributed by atoms with Crippen LogP contribution in [0.5, 0.6) is 0 Å².